The zero-order valence-corrected chi connectivity index (χ0v) is 24.8. The molecule has 0 saturated carbocycles. The average molecular weight is 587 g/mol. The summed E-state index contributed by atoms with van der Waals surface area (Å²) in [5.41, 5.74) is 8.60. The lowest BCUT2D eigenvalue weighted by Crippen LogP contribution is -2.03. The first kappa shape index (κ1) is 25.1. The maximum absolute atomic E-state index is 5.35. The lowest BCUT2D eigenvalue weighted by molar-refractivity contribution is 1.02. The van der Waals surface area contributed by atoms with E-state index in [1.54, 1.807) is 0 Å². The van der Waals surface area contributed by atoms with Crippen LogP contribution < -0.4 is 0 Å². The summed E-state index contributed by atoms with van der Waals surface area (Å²) in [7, 11) is 0. The molecule has 0 unspecified atom stereocenters. The van der Waals surface area contributed by atoms with Crippen LogP contribution in [0.3, 0.4) is 0 Å². The van der Waals surface area contributed by atoms with E-state index >= 15 is 0 Å². The van der Waals surface area contributed by atoms with Crippen LogP contribution in [0.15, 0.2) is 158 Å². The molecule has 7 aromatic carbocycles. The quantitative estimate of drug-likeness (QED) is 0.206. The van der Waals surface area contributed by atoms with Gasteiger partial charge in [0.2, 0.25) is 5.95 Å². The molecule has 0 atom stereocenters. The number of aromatic nitrogens is 4. The van der Waals surface area contributed by atoms with Crippen molar-refractivity contribution >= 4 is 65.3 Å². The van der Waals surface area contributed by atoms with Crippen molar-refractivity contribution in [2.24, 2.45) is 0 Å². The Hall–Kier alpha value is -6.26. The van der Waals surface area contributed by atoms with E-state index in [0.717, 1.165) is 38.7 Å². The van der Waals surface area contributed by atoms with Gasteiger partial charge in [0, 0.05) is 37.9 Å². The van der Waals surface area contributed by atoms with E-state index in [2.05, 4.69) is 161 Å². The Kier molecular flexibility index (Phi) is 5.25. The number of nitrogens with zero attached hydrogens (tertiary/aromatic N) is 4. The fraction of sp³-hybridized carbons (Fsp3) is 0. The molecular weight excluding hydrogens is 560 g/mol. The van der Waals surface area contributed by atoms with E-state index in [1.807, 2.05) is 6.07 Å². The molecular formula is C42H26N4. The highest BCUT2D eigenvalue weighted by molar-refractivity contribution is 6.26. The molecule has 3 heterocycles. The van der Waals surface area contributed by atoms with Crippen molar-refractivity contribution in [1.82, 2.24) is 19.1 Å². The zero-order chi connectivity index (χ0) is 30.2. The van der Waals surface area contributed by atoms with Gasteiger partial charge in [-0.2, -0.15) is 0 Å². The summed E-state index contributed by atoms with van der Waals surface area (Å²) >= 11 is 0. The van der Waals surface area contributed by atoms with Gasteiger partial charge < -0.3 is 4.57 Å². The van der Waals surface area contributed by atoms with E-state index in [9.17, 15) is 0 Å². The van der Waals surface area contributed by atoms with Crippen LogP contribution in [0.5, 0.6) is 0 Å². The Morgan fingerprint density at radius 1 is 0.391 bits per heavy atom. The molecule has 0 radical (unpaired) electrons. The van der Waals surface area contributed by atoms with Gasteiger partial charge in [-0.15, -0.1) is 0 Å². The molecule has 0 amide bonds. The monoisotopic (exact) mass is 586 g/mol. The molecule has 214 valence electrons. The number of hydrogen-bond donors (Lipinski definition) is 0. The summed E-state index contributed by atoms with van der Waals surface area (Å²) in [5.74, 6) is 0.665. The third-order valence-corrected chi connectivity index (χ3v) is 9.32. The van der Waals surface area contributed by atoms with Crippen molar-refractivity contribution in [3.8, 4) is 22.9 Å². The molecule has 46 heavy (non-hydrogen) atoms. The largest absolute Gasteiger partial charge is 0.309 e. The molecule has 0 fully saturated rings. The third-order valence-electron chi connectivity index (χ3n) is 9.32. The number of hydrogen-bond acceptors (Lipinski definition) is 2. The molecule has 3 aromatic heterocycles. The summed E-state index contributed by atoms with van der Waals surface area (Å²) in [5, 5.41) is 8.23. The van der Waals surface area contributed by atoms with Crippen molar-refractivity contribution < 1.29 is 0 Å². The Morgan fingerprint density at radius 3 is 1.89 bits per heavy atom. The zero-order valence-electron chi connectivity index (χ0n) is 24.8. The maximum Gasteiger partial charge on any atom is 0.235 e. The van der Waals surface area contributed by atoms with Crippen molar-refractivity contribution in [3.05, 3.63) is 158 Å². The summed E-state index contributed by atoms with van der Waals surface area (Å²) in [4.78, 5) is 10.6. The highest BCUT2D eigenvalue weighted by Gasteiger charge is 2.23. The number of benzene rings is 7. The van der Waals surface area contributed by atoms with Crippen LogP contribution in [-0.4, -0.2) is 19.1 Å². The predicted octanol–water partition coefficient (Wildman–Crippen LogP) is 10.6. The normalized spacial score (nSPS) is 11.9. The van der Waals surface area contributed by atoms with Gasteiger partial charge in [0.25, 0.3) is 0 Å². The van der Waals surface area contributed by atoms with Gasteiger partial charge in [0.1, 0.15) is 0 Å². The number of rotatable bonds is 3. The molecule has 10 aromatic rings. The summed E-state index contributed by atoms with van der Waals surface area (Å²) in [6, 6.07) is 55.9. The summed E-state index contributed by atoms with van der Waals surface area (Å²) in [6.45, 7) is 0. The third kappa shape index (κ3) is 3.49. The first-order valence-corrected chi connectivity index (χ1v) is 15.6. The van der Waals surface area contributed by atoms with Crippen molar-refractivity contribution in [1.29, 1.82) is 0 Å². The maximum atomic E-state index is 5.35. The van der Waals surface area contributed by atoms with Crippen molar-refractivity contribution in [2.75, 3.05) is 0 Å². The Bertz CT molecular complexity index is 2800. The molecule has 0 bridgehead atoms. The molecule has 0 N–H and O–H groups in total. The lowest BCUT2D eigenvalue weighted by atomic mass is 10.1. The highest BCUT2D eigenvalue weighted by Crippen LogP contribution is 2.42. The van der Waals surface area contributed by atoms with Crippen LogP contribution >= 0.6 is 0 Å². The van der Waals surface area contributed by atoms with Crippen LogP contribution in [0, 0.1) is 0 Å². The summed E-state index contributed by atoms with van der Waals surface area (Å²) < 4.78 is 4.71. The van der Waals surface area contributed by atoms with Gasteiger partial charge in [-0.25, -0.2) is 9.97 Å². The molecule has 0 aliphatic carbocycles. The van der Waals surface area contributed by atoms with Gasteiger partial charge >= 0.3 is 0 Å². The minimum absolute atomic E-state index is 0.665. The Labute approximate surface area is 264 Å². The second-order valence-corrected chi connectivity index (χ2v) is 11.8. The van der Waals surface area contributed by atoms with Gasteiger partial charge in [-0.3, -0.25) is 4.57 Å². The molecule has 0 saturated heterocycles. The average Bonchev–Trinajstić information content (AvgIpc) is 3.64. The lowest BCUT2D eigenvalue weighted by Gasteiger charge is -2.13. The second-order valence-electron chi connectivity index (χ2n) is 11.8. The molecule has 0 aliphatic heterocycles. The molecule has 0 aliphatic rings. The number of para-hydroxylation sites is 3. The SMILES string of the molecule is c1ccc(-c2nc(-n3c4ccccc4c4ccc5c(c6ccccc6n5-c5cccc6ccccc56)c43)nc3ccccc23)cc1. The highest BCUT2D eigenvalue weighted by atomic mass is 15.2. The van der Waals surface area contributed by atoms with Crippen LogP contribution in [0.4, 0.5) is 0 Å². The van der Waals surface area contributed by atoms with E-state index in [0.29, 0.717) is 5.95 Å². The van der Waals surface area contributed by atoms with Crippen LogP contribution in [0.1, 0.15) is 0 Å². The van der Waals surface area contributed by atoms with Gasteiger partial charge in [0.15, 0.2) is 0 Å². The molecule has 0 spiro atoms. The molecule has 10 rings (SSSR count). The van der Waals surface area contributed by atoms with Gasteiger partial charge in [-0.05, 0) is 35.7 Å². The molecule has 4 heteroatoms. The Morgan fingerprint density at radius 2 is 1.04 bits per heavy atom. The first-order valence-electron chi connectivity index (χ1n) is 15.6. The van der Waals surface area contributed by atoms with E-state index in [4.69, 9.17) is 9.97 Å². The molecule has 4 nitrogen and oxygen atoms in total. The van der Waals surface area contributed by atoms with Gasteiger partial charge in [0.05, 0.1) is 39.0 Å². The fourth-order valence-electron chi connectivity index (χ4n) is 7.36. The van der Waals surface area contributed by atoms with Crippen LogP contribution in [0.25, 0.3) is 88.2 Å². The Balaban J connectivity index is 1.40. The predicted molar refractivity (Wildman–Crippen MR) is 191 cm³/mol. The van der Waals surface area contributed by atoms with Gasteiger partial charge in [-0.1, -0.05) is 127 Å². The van der Waals surface area contributed by atoms with Crippen molar-refractivity contribution in [3.63, 3.8) is 0 Å². The second kappa shape index (κ2) is 9.62. The smallest absolute Gasteiger partial charge is 0.235 e. The van der Waals surface area contributed by atoms with E-state index in [-0.39, 0.29) is 0 Å². The van der Waals surface area contributed by atoms with Crippen LogP contribution in [-0.2, 0) is 0 Å². The van der Waals surface area contributed by atoms with Crippen molar-refractivity contribution in [2.45, 2.75) is 0 Å². The van der Waals surface area contributed by atoms with E-state index < -0.39 is 0 Å². The van der Waals surface area contributed by atoms with E-state index in [1.165, 1.54) is 43.5 Å². The number of fused-ring (bicyclic) bond motifs is 9. The topological polar surface area (TPSA) is 35.6 Å². The minimum atomic E-state index is 0.665. The summed E-state index contributed by atoms with van der Waals surface area (Å²) in [6.07, 6.45) is 0. The minimum Gasteiger partial charge on any atom is -0.309 e. The fourth-order valence-corrected chi connectivity index (χ4v) is 7.36. The standard InChI is InChI=1S/C42H26N4/c1-2-14-28(15-3-1)40-32-19-6-9-21-34(32)43-42(44-40)46-36-22-10-7-18-30(36)31-25-26-38-39(41(31)46)33-20-8-11-23-37(33)45(38)35-24-12-16-27-13-4-5-17-29(27)35/h1-26H. The van der Waals surface area contributed by atoms with Crippen LogP contribution in [0.2, 0.25) is 0 Å². The first-order chi connectivity index (χ1) is 22.8.